The first-order valence-electron chi connectivity index (χ1n) is 46.7. The molecule has 22 nitrogen and oxygen atoms in total. The summed E-state index contributed by atoms with van der Waals surface area (Å²) in [6, 6.07) is 123. The van der Waals surface area contributed by atoms with E-state index in [1.807, 2.05) is 303 Å². The van der Waals surface area contributed by atoms with Crippen molar-refractivity contribution in [3.05, 3.63) is 379 Å². The highest BCUT2D eigenvalue weighted by Crippen LogP contribution is 2.48. The van der Waals surface area contributed by atoms with Crippen LogP contribution in [0.3, 0.4) is 0 Å². The predicted molar refractivity (Wildman–Crippen MR) is 577 cm³/mol. The van der Waals surface area contributed by atoms with Gasteiger partial charge in [-0.15, -0.1) is 0 Å². The Morgan fingerprint density at radius 3 is 0.582 bits per heavy atom. The Labute approximate surface area is 837 Å². The number of nitrogens with zero attached hydrogens (tertiary/aromatic N) is 12. The molecule has 0 radical (unpaired) electrons. The highest BCUT2D eigenvalue weighted by Gasteiger charge is 2.27. The van der Waals surface area contributed by atoms with Crippen LogP contribution in [0.4, 0.5) is 5.69 Å². The van der Waals surface area contributed by atoms with Crippen LogP contribution in [0.1, 0.15) is 27.8 Å². The molecule has 0 bridgehead atoms. The molecule has 0 aliphatic rings. The monoisotopic (exact) mass is 1900 g/mol. The number of rotatable bonds is 19. The van der Waals surface area contributed by atoms with Crippen molar-refractivity contribution in [2.24, 2.45) is 0 Å². The van der Waals surface area contributed by atoms with Crippen LogP contribution in [0, 0.1) is 63.2 Å². The standard InChI is InChI=1S/2C42H30N4O4.C40H26N4O2/c1-47-29-9-13-37-33(19-29)34-20-30(48-2)10-14-38(34)45(37)41-17-25(5-7-27(41)23-43)26-6-8-28(24-44)42(18-26)46-39-15-11-31(49-3)21-35(39)36-22-32(50-4)12-16-40(36)46;1-47-29-9-13-33-34-14-10-30(48-2)20-40(34)45(39(33)19-29)37-17-25(5-7-27(37)23-43)26-6-8-28(24-44)38(18-26)46-41-21-31(49-3)11-15-35(41)36-16-12-32(50-4)22-42(36)46;1-42-34-17-14-26(21-40(34)44-36-11-7-5-9-31(36)33-23-29(46-3)16-19-38(33)44)25-12-13-27(24-41)39(20-25)43-35-10-6-4-8-30(35)32-22-28(45-2)15-18-37(32)43/h2*5-22H,1-4H3;4-23H,2-3H3. The van der Waals surface area contributed by atoms with Crippen LogP contribution in [0.25, 0.3) is 203 Å². The summed E-state index contributed by atoms with van der Waals surface area (Å²) < 4.78 is 68.6. The zero-order valence-electron chi connectivity index (χ0n) is 80.8. The molecule has 0 fully saturated rings. The fraction of sp³-hybridized carbons (Fsp3) is 0.0806. The lowest BCUT2D eigenvalue weighted by Crippen LogP contribution is -2.00. The van der Waals surface area contributed by atoms with Gasteiger partial charge in [0, 0.05) is 88.9 Å². The second-order valence-corrected chi connectivity index (χ2v) is 34.9. The lowest BCUT2D eigenvalue weighted by molar-refractivity contribution is 0.415. The highest BCUT2D eigenvalue weighted by atomic mass is 16.5. The fourth-order valence-corrected chi connectivity index (χ4v) is 20.6. The van der Waals surface area contributed by atoms with Crippen LogP contribution in [-0.4, -0.2) is 98.5 Å². The van der Waals surface area contributed by atoms with E-state index in [0.29, 0.717) is 67.9 Å². The van der Waals surface area contributed by atoms with Crippen molar-refractivity contribution in [2.75, 3.05) is 71.1 Å². The second-order valence-electron chi connectivity index (χ2n) is 34.9. The average molecular weight is 1900 g/mol. The number of nitriles is 5. The van der Waals surface area contributed by atoms with Gasteiger partial charge in [-0.1, -0.05) is 78.9 Å². The summed E-state index contributed by atoms with van der Waals surface area (Å²) in [5.41, 5.74) is 24.4. The van der Waals surface area contributed by atoms with Crippen molar-refractivity contribution in [2.45, 2.75) is 0 Å². The summed E-state index contributed by atoms with van der Waals surface area (Å²) in [4.78, 5) is 3.92. The molecule has 0 aliphatic heterocycles. The van der Waals surface area contributed by atoms with E-state index in [4.69, 9.17) is 53.9 Å². The summed E-state index contributed by atoms with van der Waals surface area (Å²) in [6.45, 7) is 8.05. The summed E-state index contributed by atoms with van der Waals surface area (Å²) in [5, 5.41) is 64.0. The van der Waals surface area contributed by atoms with Crippen LogP contribution in [0.5, 0.6) is 57.5 Å². The van der Waals surface area contributed by atoms with E-state index in [0.717, 1.165) is 221 Å². The SMILES string of the molecule is COc1ccc2c(c1)c1cc(OC)ccc1n2-c1cc(-c2ccc(C#N)c(-n3c4ccc(OC)cc4c4cc(OC)ccc43)c2)ccc1C#N.COc1ccc2c3ccc(OC)cc3n(-c3cc(-c4ccc(C#N)c(-n5c6cc(OC)ccc6c6ccc(OC)cc65)c4)ccc3C#N)c2c1.[C-]#[N+]c1ccc(-c2ccc(C#N)c(-n3c4ccccc4c4cc(OC)ccc43)c2)cc1-n1c2ccccc2c2cc(OC)ccc21. The molecule has 0 aliphatic carbocycles. The second kappa shape index (κ2) is 37.5. The van der Waals surface area contributed by atoms with Crippen LogP contribution in [-0.2, 0) is 0 Å². The third kappa shape index (κ3) is 15.2. The Kier molecular flexibility index (Phi) is 23.3. The molecule has 0 N–H and O–H groups in total. The van der Waals surface area contributed by atoms with Gasteiger partial charge >= 0.3 is 0 Å². The third-order valence-electron chi connectivity index (χ3n) is 27.6. The Hall–Kier alpha value is -20.3. The molecule has 0 atom stereocenters. The van der Waals surface area contributed by atoms with Gasteiger partial charge in [-0.05, 0) is 270 Å². The van der Waals surface area contributed by atoms with E-state index >= 15 is 0 Å². The maximum absolute atomic E-state index is 10.4. The van der Waals surface area contributed by atoms with Crippen molar-refractivity contribution in [3.63, 3.8) is 0 Å². The first-order chi connectivity index (χ1) is 71.6. The largest absolute Gasteiger partial charge is 0.497 e. The van der Waals surface area contributed by atoms with Gasteiger partial charge < -0.3 is 74.8 Å². The van der Waals surface area contributed by atoms with Gasteiger partial charge in [0.2, 0.25) is 5.69 Å². The molecule has 22 heteroatoms. The summed E-state index contributed by atoms with van der Waals surface area (Å²) in [7, 11) is 16.5. The fourth-order valence-electron chi connectivity index (χ4n) is 20.6. The minimum atomic E-state index is 0.508. The van der Waals surface area contributed by atoms with Gasteiger partial charge in [0.25, 0.3) is 0 Å². The van der Waals surface area contributed by atoms with Crippen LogP contribution in [0.15, 0.2) is 340 Å². The van der Waals surface area contributed by atoms with Crippen molar-refractivity contribution in [3.8, 4) is 155 Å². The number of ether oxygens (including phenoxy) is 10. The van der Waals surface area contributed by atoms with Crippen LogP contribution < -0.4 is 47.4 Å². The molecule has 24 rings (SSSR count). The number of fused-ring (bicyclic) bond motifs is 18. The molecule has 6 aromatic heterocycles. The Bertz CT molecular complexity index is 9050. The zero-order chi connectivity index (χ0) is 100. The van der Waals surface area contributed by atoms with Gasteiger partial charge in [0.1, 0.15) is 87.8 Å². The Morgan fingerprint density at radius 1 is 0.178 bits per heavy atom. The van der Waals surface area contributed by atoms with Gasteiger partial charge in [-0.2, -0.15) is 26.3 Å². The maximum atomic E-state index is 10.4. The van der Waals surface area contributed by atoms with Gasteiger partial charge in [-0.3, -0.25) is 0 Å². The first kappa shape index (κ1) is 90.8. The van der Waals surface area contributed by atoms with Crippen LogP contribution >= 0.6 is 0 Å². The van der Waals surface area contributed by atoms with Gasteiger partial charge in [-0.25, -0.2) is 4.85 Å². The van der Waals surface area contributed by atoms with E-state index in [9.17, 15) is 26.3 Å². The molecular weight excluding hydrogens is 1820 g/mol. The molecule has 0 saturated heterocycles. The number of hydrogen-bond acceptors (Lipinski definition) is 15. The van der Waals surface area contributed by atoms with E-state index in [1.54, 1.807) is 71.1 Å². The van der Waals surface area contributed by atoms with E-state index in [-0.39, 0.29) is 0 Å². The summed E-state index contributed by atoms with van der Waals surface area (Å²) >= 11 is 0. The minimum absolute atomic E-state index is 0.508. The lowest BCUT2D eigenvalue weighted by Gasteiger charge is -2.15. The molecule has 702 valence electrons. The van der Waals surface area contributed by atoms with Crippen molar-refractivity contribution < 1.29 is 47.4 Å². The smallest absolute Gasteiger partial charge is 0.210 e. The quantitative estimate of drug-likeness (QED) is 0.0683. The maximum Gasteiger partial charge on any atom is 0.210 e. The molecule has 6 heterocycles. The molecule has 146 heavy (non-hydrogen) atoms. The summed E-state index contributed by atoms with van der Waals surface area (Å²) in [5.74, 6) is 7.34. The van der Waals surface area contributed by atoms with Gasteiger partial charge in [0.15, 0.2) is 0 Å². The molecule has 0 amide bonds. The summed E-state index contributed by atoms with van der Waals surface area (Å²) in [6.07, 6.45) is 0. The van der Waals surface area contributed by atoms with E-state index in [2.05, 4.69) is 99.0 Å². The Morgan fingerprint density at radius 2 is 0.356 bits per heavy atom. The third-order valence-corrected chi connectivity index (χ3v) is 27.6. The number of benzene rings is 18. The number of para-hydroxylation sites is 2. The van der Waals surface area contributed by atoms with Crippen molar-refractivity contribution >= 4 is 137 Å². The predicted octanol–water partition coefficient (Wildman–Crippen LogP) is 28.6. The molecule has 18 aromatic carbocycles. The van der Waals surface area contributed by atoms with Gasteiger partial charge in [0.05, 0.1) is 206 Å². The number of hydrogen-bond donors (Lipinski definition) is 0. The normalized spacial score (nSPS) is 11.2. The molecule has 0 unspecified atom stereocenters. The number of methoxy groups -OCH3 is 10. The van der Waals surface area contributed by atoms with E-state index < -0.39 is 0 Å². The molecule has 0 saturated carbocycles. The highest BCUT2D eigenvalue weighted by molar-refractivity contribution is 6.16. The minimum Gasteiger partial charge on any atom is -0.497 e. The molecule has 24 aromatic rings. The lowest BCUT2D eigenvalue weighted by atomic mass is 9.99. The Balaban J connectivity index is 0.000000125. The molecule has 0 spiro atoms. The first-order valence-corrected chi connectivity index (χ1v) is 46.7. The topological polar surface area (TPSA) is 245 Å². The van der Waals surface area contributed by atoms with E-state index in [1.165, 1.54) is 0 Å². The van der Waals surface area contributed by atoms with Crippen LogP contribution in [0.2, 0.25) is 0 Å². The average Bonchev–Trinajstić information content (AvgIpc) is 1.62. The van der Waals surface area contributed by atoms with Crippen molar-refractivity contribution in [1.82, 2.24) is 27.4 Å². The number of aromatic nitrogens is 6. The molecular formula is C124H86N12O10. The zero-order valence-corrected chi connectivity index (χ0v) is 80.8. The van der Waals surface area contributed by atoms with Crippen molar-refractivity contribution in [1.29, 1.82) is 26.3 Å².